The normalized spacial score (nSPS) is 20.4. The summed E-state index contributed by atoms with van der Waals surface area (Å²) in [5.74, 6) is 0.629. The average Bonchev–Trinajstić information content (AvgIpc) is 3.01. The van der Waals surface area contributed by atoms with Crippen LogP contribution in [0.4, 0.5) is 0 Å². The highest BCUT2D eigenvalue weighted by Gasteiger charge is 2.21. The van der Waals surface area contributed by atoms with Crippen molar-refractivity contribution < 1.29 is 4.74 Å². The Morgan fingerprint density at radius 1 is 1.45 bits per heavy atom. The van der Waals surface area contributed by atoms with Crippen LogP contribution in [0.1, 0.15) is 18.9 Å². The minimum absolute atomic E-state index is 0.472. The molecule has 0 aliphatic carbocycles. The smallest absolute Gasteiger partial charge is 0.0758 e. The molecular weight excluding hydrogens is 316 g/mol. The third-order valence-corrected chi connectivity index (χ3v) is 4.78. The molecule has 0 saturated carbocycles. The predicted molar refractivity (Wildman–Crippen MR) is 84.7 cm³/mol. The van der Waals surface area contributed by atoms with Gasteiger partial charge in [-0.25, -0.2) is 0 Å². The van der Waals surface area contributed by atoms with E-state index in [9.17, 15) is 0 Å². The highest BCUT2D eigenvalue weighted by atomic mass is 79.9. The van der Waals surface area contributed by atoms with E-state index in [4.69, 9.17) is 4.74 Å². The van der Waals surface area contributed by atoms with Gasteiger partial charge in [0.15, 0.2) is 0 Å². The van der Waals surface area contributed by atoms with Gasteiger partial charge in [-0.3, -0.25) is 4.98 Å². The number of nitrogens with one attached hydrogen (secondary N) is 1. The molecule has 1 aromatic carbocycles. The van der Waals surface area contributed by atoms with Gasteiger partial charge in [-0.15, -0.1) is 0 Å². The fraction of sp³-hybridized carbons (Fsp3) is 0.438. The Balaban J connectivity index is 1.76. The summed E-state index contributed by atoms with van der Waals surface area (Å²) in [7, 11) is 0. The quantitative estimate of drug-likeness (QED) is 0.928. The Labute approximate surface area is 127 Å². The highest BCUT2D eigenvalue weighted by Crippen LogP contribution is 2.25. The second-order valence-electron chi connectivity index (χ2n) is 5.40. The number of halogens is 1. The molecule has 20 heavy (non-hydrogen) atoms. The first-order chi connectivity index (χ1) is 9.75. The third kappa shape index (κ3) is 2.87. The van der Waals surface area contributed by atoms with E-state index in [1.54, 1.807) is 0 Å². The molecule has 1 aliphatic rings. The average molecular weight is 335 g/mol. The largest absolute Gasteiger partial charge is 0.381 e. The lowest BCUT2D eigenvalue weighted by Gasteiger charge is -2.19. The summed E-state index contributed by atoms with van der Waals surface area (Å²) in [6.45, 7) is 4.87. The van der Waals surface area contributed by atoms with E-state index in [1.807, 2.05) is 12.3 Å². The van der Waals surface area contributed by atoms with E-state index < -0.39 is 0 Å². The number of benzene rings is 1. The van der Waals surface area contributed by atoms with Crippen molar-refractivity contribution in [2.45, 2.75) is 25.9 Å². The summed E-state index contributed by atoms with van der Waals surface area (Å²) >= 11 is 3.59. The maximum absolute atomic E-state index is 5.46. The molecule has 2 aromatic rings. The molecule has 1 fully saturated rings. The number of aromatic nitrogens is 1. The van der Waals surface area contributed by atoms with Crippen molar-refractivity contribution in [2.75, 3.05) is 13.2 Å². The maximum Gasteiger partial charge on any atom is 0.0758 e. The van der Waals surface area contributed by atoms with Gasteiger partial charge >= 0.3 is 0 Å². The number of fused-ring (bicyclic) bond motifs is 1. The Hall–Kier alpha value is -0.970. The van der Waals surface area contributed by atoms with Crippen LogP contribution in [0.5, 0.6) is 0 Å². The molecule has 1 aromatic heterocycles. The van der Waals surface area contributed by atoms with Crippen LogP contribution in [0.2, 0.25) is 0 Å². The molecule has 3 nitrogen and oxygen atoms in total. The molecule has 2 atom stereocenters. The number of rotatable bonds is 4. The second-order valence-corrected chi connectivity index (χ2v) is 6.25. The summed E-state index contributed by atoms with van der Waals surface area (Å²) in [4.78, 5) is 4.52. The highest BCUT2D eigenvalue weighted by molar-refractivity contribution is 9.10. The summed E-state index contributed by atoms with van der Waals surface area (Å²) in [5, 5.41) is 4.79. The van der Waals surface area contributed by atoms with Gasteiger partial charge in [-0.05, 0) is 37.0 Å². The number of pyridine rings is 1. The van der Waals surface area contributed by atoms with E-state index >= 15 is 0 Å². The Morgan fingerprint density at radius 3 is 3.15 bits per heavy atom. The Morgan fingerprint density at radius 2 is 2.35 bits per heavy atom. The lowest BCUT2D eigenvalue weighted by atomic mass is 10.0. The lowest BCUT2D eigenvalue weighted by molar-refractivity contribution is 0.178. The first-order valence-corrected chi connectivity index (χ1v) is 7.88. The third-order valence-electron chi connectivity index (χ3n) is 4.09. The topological polar surface area (TPSA) is 34.2 Å². The minimum Gasteiger partial charge on any atom is -0.381 e. The zero-order valence-corrected chi connectivity index (χ0v) is 13.2. The molecule has 106 valence electrons. The van der Waals surface area contributed by atoms with Gasteiger partial charge in [0.25, 0.3) is 0 Å². The van der Waals surface area contributed by atoms with Crippen LogP contribution in [0.3, 0.4) is 0 Å². The van der Waals surface area contributed by atoms with E-state index in [1.165, 1.54) is 10.9 Å². The van der Waals surface area contributed by atoms with Crippen molar-refractivity contribution in [3.8, 4) is 0 Å². The molecule has 1 N–H and O–H groups in total. The zero-order chi connectivity index (χ0) is 13.9. The van der Waals surface area contributed by atoms with Crippen molar-refractivity contribution in [2.24, 2.45) is 5.92 Å². The molecule has 2 heterocycles. The fourth-order valence-corrected chi connectivity index (χ4v) is 3.18. The van der Waals surface area contributed by atoms with Crippen LogP contribution in [0, 0.1) is 5.92 Å². The summed E-state index contributed by atoms with van der Waals surface area (Å²) in [6, 6.07) is 8.79. The van der Waals surface area contributed by atoms with E-state index in [0.29, 0.717) is 12.0 Å². The summed E-state index contributed by atoms with van der Waals surface area (Å²) in [5.41, 5.74) is 2.32. The van der Waals surface area contributed by atoms with Crippen LogP contribution in [-0.4, -0.2) is 24.2 Å². The van der Waals surface area contributed by atoms with Crippen molar-refractivity contribution in [3.05, 3.63) is 40.5 Å². The zero-order valence-electron chi connectivity index (χ0n) is 11.6. The van der Waals surface area contributed by atoms with Crippen molar-refractivity contribution >= 4 is 26.8 Å². The van der Waals surface area contributed by atoms with Crippen LogP contribution in [0.25, 0.3) is 10.9 Å². The summed E-state index contributed by atoms with van der Waals surface area (Å²) < 4.78 is 6.56. The van der Waals surface area contributed by atoms with Crippen molar-refractivity contribution in [1.82, 2.24) is 10.3 Å². The molecule has 1 saturated heterocycles. The molecule has 2 unspecified atom stereocenters. The van der Waals surface area contributed by atoms with Gasteiger partial charge in [0, 0.05) is 35.2 Å². The molecule has 0 radical (unpaired) electrons. The number of nitrogens with zero attached hydrogens (tertiary/aromatic N) is 1. The summed E-state index contributed by atoms with van der Waals surface area (Å²) in [6.07, 6.45) is 3.01. The monoisotopic (exact) mass is 334 g/mol. The molecule has 0 amide bonds. The second kappa shape index (κ2) is 6.20. The van der Waals surface area contributed by atoms with E-state index in [0.717, 1.165) is 36.2 Å². The van der Waals surface area contributed by atoms with Gasteiger partial charge in [-0.1, -0.05) is 28.1 Å². The van der Waals surface area contributed by atoms with Gasteiger partial charge < -0.3 is 10.1 Å². The molecular formula is C16H19BrN2O. The van der Waals surface area contributed by atoms with E-state index in [-0.39, 0.29) is 0 Å². The van der Waals surface area contributed by atoms with Crippen molar-refractivity contribution in [3.63, 3.8) is 0 Å². The van der Waals surface area contributed by atoms with Crippen molar-refractivity contribution in [1.29, 1.82) is 0 Å². The van der Waals surface area contributed by atoms with Crippen LogP contribution in [0.15, 0.2) is 34.9 Å². The first-order valence-electron chi connectivity index (χ1n) is 7.09. The van der Waals surface area contributed by atoms with Crippen LogP contribution < -0.4 is 5.32 Å². The lowest BCUT2D eigenvalue weighted by Crippen LogP contribution is -2.33. The standard InChI is InChI=1S/C16H19BrN2O/c1-11(13-6-8-20-10-13)19-9-12-4-5-15(17)14-3-2-7-18-16(12)14/h2-5,7,11,13,19H,6,8-10H2,1H3. The SMILES string of the molecule is CC(NCc1ccc(Br)c2cccnc12)C1CCOC1. The molecule has 3 rings (SSSR count). The number of ether oxygens (including phenoxy) is 1. The Kier molecular flexibility index (Phi) is 4.34. The van der Waals surface area contributed by atoms with Gasteiger partial charge in [0.1, 0.15) is 0 Å². The van der Waals surface area contributed by atoms with Crippen LogP contribution >= 0.6 is 15.9 Å². The maximum atomic E-state index is 5.46. The molecule has 0 bridgehead atoms. The minimum atomic E-state index is 0.472. The predicted octanol–water partition coefficient (Wildman–Crippen LogP) is 3.51. The van der Waals surface area contributed by atoms with E-state index in [2.05, 4.69) is 51.4 Å². The van der Waals surface area contributed by atoms with Crippen LogP contribution in [-0.2, 0) is 11.3 Å². The molecule has 0 spiro atoms. The number of hydrogen-bond donors (Lipinski definition) is 1. The van der Waals surface area contributed by atoms with Gasteiger partial charge in [0.2, 0.25) is 0 Å². The fourth-order valence-electron chi connectivity index (χ4n) is 2.72. The van der Waals surface area contributed by atoms with Gasteiger partial charge in [-0.2, -0.15) is 0 Å². The molecule has 1 aliphatic heterocycles. The Bertz CT molecular complexity index is 596. The molecule has 4 heteroatoms. The van der Waals surface area contributed by atoms with Gasteiger partial charge in [0.05, 0.1) is 12.1 Å². The number of hydrogen-bond acceptors (Lipinski definition) is 3. The first kappa shape index (κ1) is 14.0.